The van der Waals surface area contributed by atoms with Crippen LogP contribution in [0, 0.1) is 5.82 Å². The van der Waals surface area contributed by atoms with Gasteiger partial charge in [-0.1, -0.05) is 19.1 Å². The topological polar surface area (TPSA) is 75.6 Å². The number of carbonyl (C=O) groups is 1. The smallest absolute Gasteiger partial charge is 0.271 e. The number of carbonyl (C=O) groups excluding carboxylic acids is 1. The van der Waals surface area contributed by atoms with E-state index in [-0.39, 0.29) is 17.6 Å². The number of halogens is 1. The lowest BCUT2D eigenvalue weighted by atomic mass is 9.94. The van der Waals surface area contributed by atoms with Crippen LogP contribution in [0.4, 0.5) is 4.39 Å². The molecule has 3 aromatic rings. The predicted octanol–water partition coefficient (Wildman–Crippen LogP) is 2.89. The van der Waals surface area contributed by atoms with Crippen molar-refractivity contribution in [2.45, 2.75) is 32.2 Å². The van der Waals surface area contributed by atoms with E-state index in [1.807, 2.05) is 10.8 Å². The molecule has 1 atom stereocenters. The molecule has 6 nitrogen and oxygen atoms in total. The van der Waals surface area contributed by atoms with E-state index < -0.39 is 0 Å². The van der Waals surface area contributed by atoms with Crippen LogP contribution < -0.4 is 5.32 Å². The van der Waals surface area contributed by atoms with Crippen LogP contribution in [-0.4, -0.2) is 32.0 Å². The largest absolute Gasteiger partial charge is 0.350 e. The molecule has 26 heavy (non-hydrogen) atoms. The molecule has 0 aliphatic carbocycles. The number of benzene rings is 1. The Morgan fingerprint density at radius 2 is 2.12 bits per heavy atom. The highest BCUT2D eigenvalue weighted by molar-refractivity contribution is 5.94. The number of aryl methyl sites for hydroxylation is 1. The maximum Gasteiger partial charge on any atom is 0.271 e. The van der Waals surface area contributed by atoms with Gasteiger partial charge in [-0.25, -0.2) is 14.4 Å². The van der Waals surface area contributed by atoms with Crippen LogP contribution in [0.3, 0.4) is 0 Å². The van der Waals surface area contributed by atoms with Crippen LogP contribution in [-0.2, 0) is 13.0 Å². The molecule has 2 aromatic heterocycles. The summed E-state index contributed by atoms with van der Waals surface area (Å²) in [5.41, 5.74) is 2.19. The van der Waals surface area contributed by atoms with Gasteiger partial charge in [-0.3, -0.25) is 4.79 Å². The minimum absolute atomic E-state index is 0.0597. The lowest BCUT2D eigenvalue weighted by molar-refractivity contribution is 0.0950. The summed E-state index contributed by atoms with van der Waals surface area (Å²) in [5.74, 6) is 0.929. The molecule has 4 rings (SSSR count). The molecule has 1 amide bonds. The Kier molecular flexibility index (Phi) is 4.28. The molecular formula is C19H20FN5O. The molecule has 0 bridgehead atoms. The zero-order valence-electron chi connectivity index (χ0n) is 14.5. The van der Waals surface area contributed by atoms with Crippen molar-refractivity contribution in [2.24, 2.45) is 0 Å². The van der Waals surface area contributed by atoms with Gasteiger partial charge in [0.05, 0.1) is 0 Å². The summed E-state index contributed by atoms with van der Waals surface area (Å²) in [6, 6.07) is 6.43. The quantitative estimate of drug-likeness (QED) is 0.757. The first-order valence-corrected chi connectivity index (χ1v) is 8.79. The van der Waals surface area contributed by atoms with Crippen molar-refractivity contribution in [1.29, 1.82) is 0 Å². The summed E-state index contributed by atoms with van der Waals surface area (Å²) < 4.78 is 15.2. The number of aromatic amines is 1. The fourth-order valence-electron chi connectivity index (χ4n) is 3.39. The lowest BCUT2D eigenvalue weighted by Gasteiger charge is -2.14. The fourth-order valence-corrected chi connectivity index (χ4v) is 3.39. The van der Waals surface area contributed by atoms with Crippen molar-refractivity contribution in [3.8, 4) is 11.6 Å². The average molecular weight is 353 g/mol. The summed E-state index contributed by atoms with van der Waals surface area (Å²) in [5, 5.41) is 2.92. The zero-order chi connectivity index (χ0) is 18.1. The van der Waals surface area contributed by atoms with Crippen molar-refractivity contribution >= 4 is 5.91 Å². The van der Waals surface area contributed by atoms with E-state index in [1.54, 1.807) is 18.3 Å². The summed E-state index contributed by atoms with van der Waals surface area (Å²) in [4.78, 5) is 24.6. The Hall–Kier alpha value is -2.96. The van der Waals surface area contributed by atoms with Crippen LogP contribution >= 0.6 is 0 Å². The molecule has 0 spiro atoms. The average Bonchev–Trinajstić information content (AvgIpc) is 3.23. The molecule has 1 aliphatic rings. The Morgan fingerprint density at radius 1 is 1.31 bits per heavy atom. The van der Waals surface area contributed by atoms with E-state index >= 15 is 0 Å². The van der Waals surface area contributed by atoms with E-state index in [9.17, 15) is 9.18 Å². The van der Waals surface area contributed by atoms with Gasteiger partial charge in [0.25, 0.3) is 5.91 Å². The Bertz CT molecular complexity index is 928. The van der Waals surface area contributed by atoms with Gasteiger partial charge < -0.3 is 14.9 Å². The standard InChI is InChI=1S/C19H20FN5O/c1-2-8-25-9-7-21-18(25)17-23-15-10-13(11-22-19(26)16(15)24-17)12-3-5-14(20)6-4-12/h3-7,9,13H,2,8,10-11H2,1H3,(H,22,26)(H,23,24)/t13-/m1/s1. The van der Waals surface area contributed by atoms with Crippen LogP contribution in [0.5, 0.6) is 0 Å². The molecular weight excluding hydrogens is 333 g/mol. The molecule has 0 fully saturated rings. The number of hydrogen-bond acceptors (Lipinski definition) is 3. The Morgan fingerprint density at radius 3 is 2.88 bits per heavy atom. The van der Waals surface area contributed by atoms with E-state index in [1.165, 1.54) is 12.1 Å². The van der Waals surface area contributed by atoms with Gasteiger partial charge >= 0.3 is 0 Å². The fraction of sp³-hybridized carbons (Fsp3) is 0.316. The van der Waals surface area contributed by atoms with E-state index in [4.69, 9.17) is 0 Å². The number of amides is 1. The van der Waals surface area contributed by atoms with Crippen LogP contribution in [0.15, 0.2) is 36.7 Å². The van der Waals surface area contributed by atoms with Gasteiger partial charge in [-0.05, 0) is 30.5 Å². The summed E-state index contributed by atoms with van der Waals surface area (Å²) in [7, 11) is 0. The molecule has 1 aliphatic heterocycles. The maximum absolute atomic E-state index is 13.2. The van der Waals surface area contributed by atoms with Gasteiger partial charge in [0.15, 0.2) is 11.6 Å². The van der Waals surface area contributed by atoms with Gasteiger partial charge in [0.2, 0.25) is 0 Å². The first-order valence-electron chi connectivity index (χ1n) is 8.79. The molecule has 0 saturated heterocycles. The first kappa shape index (κ1) is 16.5. The highest BCUT2D eigenvalue weighted by Crippen LogP contribution is 2.26. The van der Waals surface area contributed by atoms with E-state index in [0.29, 0.717) is 24.5 Å². The lowest BCUT2D eigenvalue weighted by Crippen LogP contribution is -2.26. The second kappa shape index (κ2) is 6.74. The third kappa shape index (κ3) is 3.00. The highest BCUT2D eigenvalue weighted by atomic mass is 19.1. The number of hydrogen-bond donors (Lipinski definition) is 2. The minimum atomic E-state index is -0.265. The monoisotopic (exact) mass is 353 g/mol. The normalized spacial score (nSPS) is 16.8. The van der Waals surface area contributed by atoms with Crippen molar-refractivity contribution in [3.05, 3.63) is 59.4 Å². The molecule has 7 heteroatoms. The first-order chi connectivity index (χ1) is 12.7. The third-order valence-corrected chi connectivity index (χ3v) is 4.69. The number of aromatic nitrogens is 4. The van der Waals surface area contributed by atoms with Crippen LogP contribution in [0.1, 0.15) is 41.0 Å². The van der Waals surface area contributed by atoms with E-state index in [2.05, 4.69) is 27.2 Å². The highest BCUT2D eigenvalue weighted by Gasteiger charge is 2.27. The summed E-state index contributed by atoms with van der Waals surface area (Å²) in [6.45, 7) is 3.43. The molecule has 0 radical (unpaired) electrons. The number of nitrogens with zero attached hydrogens (tertiary/aromatic N) is 3. The molecule has 1 aromatic carbocycles. The molecule has 2 N–H and O–H groups in total. The van der Waals surface area contributed by atoms with Crippen molar-refractivity contribution in [1.82, 2.24) is 24.8 Å². The summed E-state index contributed by atoms with van der Waals surface area (Å²) in [6.07, 6.45) is 5.26. The Labute approximate surface area is 150 Å². The SMILES string of the molecule is CCCn1ccnc1-c1nc2c([nH]1)C[C@@H](c1ccc(F)cc1)CNC2=O. The van der Waals surface area contributed by atoms with Gasteiger partial charge in [-0.15, -0.1) is 0 Å². The second-order valence-electron chi connectivity index (χ2n) is 6.52. The molecule has 0 saturated carbocycles. The van der Waals surface area contributed by atoms with Gasteiger partial charge in [0.1, 0.15) is 11.5 Å². The summed E-state index contributed by atoms with van der Waals surface area (Å²) >= 11 is 0. The molecule has 3 heterocycles. The van der Waals surface area contributed by atoms with Crippen molar-refractivity contribution < 1.29 is 9.18 Å². The number of rotatable bonds is 4. The van der Waals surface area contributed by atoms with Crippen molar-refractivity contribution in [2.75, 3.05) is 6.54 Å². The maximum atomic E-state index is 13.2. The number of fused-ring (bicyclic) bond motifs is 1. The van der Waals surface area contributed by atoms with Gasteiger partial charge in [0, 0.05) is 37.1 Å². The molecule has 0 unspecified atom stereocenters. The third-order valence-electron chi connectivity index (χ3n) is 4.69. The molecule has 134 valence electrons. The van der Waals surface area contributed by atoms with E-state index in [0.717, 1.165) is 30.0 Å². The van der Waals surface area contributed by atoms with Crippen LogP contribution in [0.25, 0.3) is 11.6 Å². The minimum Gasteiger partial charge on any atom is -0.350 e. The predicted molar refractivity (Wildman–Crippen MR) is 95.3 cm³/mol. The zero-order valence-corrected chi connectivity index (χ0v) is 14.5. The Balaban J connectivity index is 1.68. The number of nitrogens with one attached hydrogen (secondary N) is 2. The number of imidazole rings is 2. The van der Waals surface area contributed by atoms with Crippen molar-refractivity contribution in [3.63, 3.8) is 0 Å². The second-order valence-corrected chi connectivity index (χ2v) is 6.52. The van der Waals surface area contributed by atoms with Gasteiger partial charge in [-0.2, -0.15) is 0 Å². The van der Waals surface area contributed by atoms with Crippen LogP contribution in [0.2, 0.25) is 0 Å². The number of H-pyrrole nitrogens is 1.